The molecule has 0 radical (unpaired) electrons. The summed E-state index contributed by atoms with van der Waals surface area (Å²) in [5.41, 5.74) is 5.16. The monoisotopic (exact) mass is 221 g/mol. The van der Waals surface area contributed by atoms with Gasteiger partial charge in [-0.1, -0.05) is 13.8 Å². The first-order valence-electron chi connectivity index (χ1n) is 4.56. The number of aliphatic hydroxyl groups is 1. The maximum Gasteiger partial charge on any atom is 0.320 e. The van der Waals surface area contributed by atoms with Crippen LogP contribution in [0.4, 0.5) is 0 Å². The van der Waals surface area contributed by atoms with Gasteiger partial charge in [0.15, 0.2) is 0 Å². The molecule has 0 aromatic carbocycles. The van der Waals surface area contributed by atoms with E-state index in [1.807, 2.05) is 0 Å². The van der Waals surface area contributed by atoms with Gasteiger partial charge in [0.1, 0.15) is 6.04 Å². The van der Waals surface area contributed by atoms with Crippen LogP contribution in [0.2, 0.25) is 0 Å². The van der Waals surface area contributed by atoms with E-state index < -0.39 is 23.9 Å². The summed E-state index contributed by atoms with van der Waals surface area (Å²) in [6.45, 7) is 4.72. The van der Waals surface area contributed by atoms with Gasteiger partial charge in [0, 0.05) is 0 Å². The van der Waals surface area contributed by atoms with E-state index in [1.54, 1.807) is 13.8 Å². The second-order valence-corrected chi connectivity index (χ2v) is 3.53. The lowest BCUT2D eigenvalue weighted by atomic mass is 10.1. The van der Waals surface area contributed by atoms with Crippen LogP contribution in [-0.2, 0) is 9.59 Å². The fourth-order valence-electron chi connectivity index (χ4n) is 0.363. The summed E-state index contributed by atoms with van der Waals surface area (Å²) in [6, 6.07) is -0.713. The maximum absolute atomic E-state index is 10.0. The molecule has 0 rings (SSSR count). The van der Waals surface area contributed by atoms with Crippen molar-refractivity contribution in [1.29, 1.82) is 0 Å². The third-order valence-electron chi connectivity index (χ3n) is 1.70. The van der Waals surface area contributed by atoms with Crippen LogP contribution in [0.5, 0.6) is 0 Å². The Hall–Kier alpha value is -1.14. The van der Waals surface area contributed by atoms with E-state index in [1.165, 1.54) is 6.92 Å². The predicted molar refractivity (Wildman–Crippen MR) is 54.3 cm³/mol. The molecule has 0 aromatic heterocycles. The molecular weight excluding hydrogens is 202 g/mol. The van der Waals surface area contributed by atoms with Gasteiger partial charge in [0.25, 0.3) is 0 Å². The van der Waals surface area contributed by atoms with E-state index in [0.717, 1.165) is 0 Å². The first-order chi connectivity index (χ1) is 6.73. The van der Waals surface area contributed by atoms with Crippen molar-refractivity contribution >= 4 is 11.9 Å². The molecule has 0 amide bonds. The summed E-state index contributed by atoms with van der Waals surface area (Å²) in [7, 11) is 0. The van der Waals surface area contributed by atoms with Gasteiger partial charge in [-0.25, -0.2) is 0 Å². The Labute approximate surface area is 88.7 Å². The average molecular weight is 221 g/mol. The number of aliphatic carboxylic acids is 2. The van der Waals surface area contributed by atoms with E-state index in [4.69, 9.17) is 21.1 Å². The fourth-order valence-corrected chi connectivity index (χ4v) is 0.363. The number of nitrogens with two attached hydrogens (primary N) is 1. The van der Waals surface area contributed by atoms with Gasteiger partial charge >= 0.3 is 11.9 Å². The second-order valence-electron chi connectivity index (χ2n) is 3.53. The first kappa shape index (κ1) is 16.3. The lowest BCUT2D eigenvalue weighted by molar-refractivity contribution is -0.142. The van der Waals surface area contributed by atoms with Crippen molar-refractivity contribution < 1.29 is 24.9 Å². The zero-order chi connectivity index (χ0) is 12.6. The molecule has 0 aliphatic heterocycles. The highest BCUT2D eigenvalue weighted by Gasteiger charge is 2.14. The number of carboxylic acids is 2. The third-order valence-corrected chi connectivity index (χ3v) is 1.70. The average Bonchev–Trinajstić information content (AvgIpc) is 2.15. The molecule has 1 unspecified atom stereocenters. The van der Waals surface area contributed by atoms with Gasteiger partial charge in [0.05, 0.1) is 12.5 Å². The lowest BCUT2D eigenvalue weighted by Gasteiger charge is -2.07. The molecule has 0 fully saturated rings. The Balaban J connectivity index is 0. The Bertz CT molecular complexity index is 205. The minimum Gasteiger partial charge on any atom is -0.481 e. The molecule has 0 bridgehead atoms. The van der Waals surface area contributed by atoms with Crippen molar-refractivity contribution in [2.45, 2.75) is 26.8 Å². The standard InChI is InChI=1S/C5H11NO2.C4H8O3/c1-3(2)4(6)5(7)8;1-3(2-5)4(6)7/h3-4H,6H2,1-2H3,(H,7,8);3,5H,2H2,1H3,(H,6,7)/t4-;/m0./s1. The number of rotatable bonds is 4. The zero-order valence-corrected chi connectivity index (χ0v) is 9.17. The van der Waals surface area contributed by atoms with Crippen molar-refractivity contribution in [3.05, 3.63) is 0 Å². The molecule has 0 saturated carbocycles. The van der Waals surface area contributed by atoms with Crippen molar-refractivity contribution in [3.8, 4) is 0 Å². The van der Waals surface area contributed by atoms with Crippen molar-refractivity contribution in [1.82, 2.24) is 0 Å². The smallest absolute Gasteiger partial charge is 0.320 e. The molecule has 90 valence electrons. The van der Waals surface area contributed by atoms with Crippen LogP contribution in [0.15, 0.2) is 0 Å². The predicted octanol–water partition coefficient (Wildman–Crippen LogP) is -0.246. The molecule has 15 heavy (non-hydrogen) atoms. The van der Waals surface area contributed by atoms with Crippen LogP contribution >= 0.6 is 0 Å². The van der Waals surface area contributed by atoms with Crippen molar-refractivity contribution in [2.24, 2.45) is 17.6 Å². The van der Waals surface area contributed by atoms with Crippen LogP contribution in [0.3, 0.4) is 0 Å². The summed E-state index contributed by atoms with van der Waals surface area (Å²) in [5.74, 6) is -2.49. The summed E-state index contributed by atoms with van der Waals surface area (Å²) >= 11 is 0. The maximum atomic E-state index is 10.0. The van der Waals surface area contributed by atoms with Crippen LogP contribution < -0.4 is 5.73 Å². The molecule has 0 aliphatic rings. The minimum absolute atomic E-state index is 0.0208. The summed E-state index contributed by atoms with van der Waals surface area (Å²) in [5, 5.41) is 24.4. The number of carboxylic acid groups (broad SMARTS) is 2. The van der Waals surface area contributed by atoms with Gasteiger partial charge in [-0.15, -0.1) is 0 Å². The Morgan fingerprint density at radius 3 is 1.53 bits per heavy atom. The highest BCUT2D eigenvalue weighted by Crippen LogP contribution is 1.96. The Morgan fingerprint density at radius 2 is 1.53 bits per heavy atom. The molecule has 6 nitrogen and oxygen atoms in total. The Kier molecular flexibility index (Phi) is 8.90. The Morgan fingerprint density at radius 1 is 1.13 bits per heavy atom. The molecule has 0 heterocycles. The molecule has 0 spiro atoms. The van der Waals surface area contributed by atoms with Crippen molar-refractivity contribution in [3.63, 3.8) is 0 Å². The van der Waals surface area contributed by atoms with Crippen LogP contribution in [0, 0.1) is 11.8 Å². The van der Waals surface area contributed by atoms with E-state index in [2.05, 4.69) is 0 Å². The van der Waals surface area contributed by atoms with Crippen LogP contribution in [0.25, 0.3) is 0 Å². The van der Waals surface area contributed by atoms with E-state index in [9.17, 15) is 9.59 Å². The quantitative estimate of drug-likeness (QED) is 0.519. The van der Waals surface area contributed by atoms with Gasteiger partial charge < -0.3 is 21.1 Å². The first-order valence-corrected chi connectivity index (χ1v) is 4.56. The molecule has 5 N–H and O–H groups in total. The van der Waals surface area contributed by atoms with E-state index in [0.29, 0.717) is 0 Å². The molecule has 0 aliphatic carbocycles. The highest BCUT2D eigenvalue weighted by molar-refractivity contribution is 5.73. The molecule has 2 atom stereocenters. The number of hydrogen-bond acceptors (Lipinski definition) is 4. The van der Waals surface area contributed by atoms with E-state index in [-0.39, 0.29) is 12.5 Å². The molecule has 0 aromatic rings. The number of hydrogen-bond donors (Lipinski definition) is 4. The van der Waals surface area contributed by atoms with Crippen LogP contribution in [-0.4, -0.2) is 39.9 Å². The SMILES string of the molecule is CC(C)[C@H](N)C(=O)O.CC(CO)C(=O)O. The topological polar surface area (TPSA) is 121 Å². The van der Waals surface area contributed by atoms with Gasteiger partial charge in [-0.05, 0) is 12.8 Å². The largest absolute Gasteiger partial charge is 0.481 e. The lowest BCUT2D eigenvalue weighted by Crippen LogP contribution is -2.34. The molecule has 6 heteroatoms. The second kappa shape index (κ2) is 8.19. The van der Waals surface area contributed by atoms with Gasteiger partial charge in [0.2, 0.25) is 0 Å². The highest BCUT2D eigenvalue weighted by atomic mass is 16.4. The number of aliphatic hydroxyl groups excluding tert-OH is 1. The molecular formula is C9H19NO5. The summed E-state index contributed by atoms with van der Waals surface area (Å²) in [6.07, 6.45) is 0. The summed E-state index contributed by atoms with van der Waals surface area (Å²) < 4.78 is 0. The van der Waals surface area contributed by atoms with Crippen molar-refractivity contribution in [2.75, 3.05) is 6.61 Å². The third kappa shape index (κ3) is 9.17. The van der Waals surface area contributed by atoms with Crippen LogP contribution in [0.1, 0.15) is 20.8 Å². The van der Waals surface area contributed by atoms with Gasteiger partial charge in [-0.3, -0.25) is 9.59 Å². The van der Waals surface area contributed by atoms with Gasteiger partial charge in [-0.2, -0.15) is 0 Å². The zero-order valence-electron chi connectivity index (χ0n) is 9.17. The fraction of sp³-hybridized carbons (Fsp3) is 0.778. The molecule has 0 saturated heterocycles. The number of carbonyl (C=O) groups is 2. The van der Waals surface area contributed by atoms with E-state index >= 15 is 0 Å². The minimum atomic E-state index is -0.956. The summed E-state index contributed by atoms with van der Waals surface area (Å²) in [4.78, 5) is 19.8. The normalized spacial score (nSPS) is 13.7.